The van der Waals surface area contributed by atoms with Crippen LogP contribution in [0.1, 0.15) is 32.6 Å². The Labute approximate surface area is 132 Å². The van der Waals surface area contributed by atoms with Crippen molar-refractivity contribution in [2.45, 2.75) is 32.6 Å². The Bertz CT molecular complexity index is 519. The molecule has 0 bridgehead atoms. The number of halogens is 2. The Kier molecular flexibility index (Phi) is 5.28. The molecule has 0 atom stereocenters. The Morgan fingerprint density at radius 1 is 1.32 bits per heavy atom. The van der Waals surface area contributed by atoms with Crippen LogP contribution in [0.25, 0.3) is 0 Å². The molecule has 2 aliphatic carbocycles. The summed E-state index contributed by atoms with van der Waals surface area (Å²) in [5.41, 5.74) is 6.61. The topological polar surface area (TPSA) is 9.23 Å². The number of methoxy groups -OCH3 is 1. The fraction of sp³-hybridized carbons (Fsp3) is 0.375. The molecule has 0 heterocycles. The minimum atomic E-state index is 0.945. The van der Waals surface area contributed by atoms with Crippen LogP contribution in [0, 0.1) is 0 Å². The van der Waals surface area contributed by atoms with Gasteiger partial charge in [0, 0.05) is 5.57 Å². The van der Waals surface area contributed by atoms with Crippen molar-refractivity contribution in [3.05, 3.63) is 55.7 Å². The Morgan fingerprint density at radius 3 is 2.68 bits per heavy atom. The molecule has 3 heteroatoms. The highest BCUT2D eigenvalue weighted by Crippen LogP contribution is 2.44. The number of hydrogen-bond acceptors (Lipinski definition) is 1. The van der Waals surface area contributed by atoms with Crippen molar-refractivity contribution in [1.29, 1.82) is 0 Å². The summed E-state index contributed by atoms with van der Waals surface area (Å²) in [6, 6.07) is 0. The molecule has 0 saturated carbocycles. The van der Waals surface area contributed by atoms with Crippen LogP contribution < -0.4 is 0 Å². The molecule has 0 fully saturated rings. The van der Waals surface area contributed by atoms with E-state index in [1.807, 2.05) is 4.99 Å². The maximum atomic E-state index is 5.71. The molecule has 0 radical (unpaired) electrons. The van der Waals surface area contributed by atoms with E-state index in [1.165, 1.54) is 27.9 Å². The van der Waals surface area contributed by atoms with E-state index in [-0.39, 0.29) is 0 Å². The molecule has 0 aromatic heterocycles. The van der Waals surface area contributed by atoms with Gasteiger partial charge < -0.3 is 4.74 Å². The van der Waals surface area contributed by atoms with Crippen LogP contribution in [0.3, 0.4) is 0 Å². The van der Waals surface area contributed by atoms with E-state index < -0.39 is 0 Å². The maximum absolute atomic E-state index is 5.71. The Balaban J connectivity index is 2.59. The molecule has 0 aromatic rings. The lowest BCUT2D eigenvalue weighted by molar-refractivity contribution is 0.290. The molecule has 0 aliphatic heterocycles. The average Bonchev–Trinajstić information content (AvgIpc) is 2.45. The molecular weight excluding hydrogens is 368 g/mol. The normalized spacial score (nSPS) is 23.4. The van der Waals surface area contributed by atoms with Crippen LogP contribution in [0.15, 0.2) is 55.7 Å². The summed E-state index contributed by atoms with van der Waals surface area (Å²) in [5.74, 6) is 1.10. The van der Waals surface area contributed by atoms with Crippen LogP contribution in [0.2, 0.25) is 0 Å². The monoisotopic (exact) mass is 384 g/mol. The summed E-state index contributed by atoms with van der Waals surface area (Å²) in [6.45, 7) is 2.21. The fourth-order valence-electron chi connectivity index (χ4n) is 2.82. The molecule has 0 amide bonds. The van der Waals surface area contributed by atoms with E-state index in [9.17, 15) is 0 Å². The number of rotatable bonds is 3. The van der Waals surface area contributed by atoms with Gasteiger partial charge in [-0.1, -0.05) is 57.4 Å². The molecule has 2 rings (SSSR count). The van der Waals surface area contributed by atoms with Crippen LogP contribution in [0.5, 0.6) is 0 Å². The van der Waals surface area contributed by atoms with Crippen molar-refractivity contribution >= 4 is 31.9 Å². The van der Waals surface area contributed by atoms with Gasteiger partial charge in [0.2, 0.25) is 0 Å². The maximum Gasteiger partial charge on any atom is 0.122 e. The summed E-state index contributed by atoms with van der Waals surface area (Å²) < 4.78 is 5.71. The molecular formula is C16H18Br2O. The number of ether oxygens (including phenoxy) is 1. The summed E-state index contributed by atoms with van der Waals surface area (Å²) in [5, 5.41) is 0. The highest BCUT2D eigenvalue weighted by Gasteiger charge is 2.27. The highest BCUT2D eigenvalue weighted by molar-refractivity contribution is 9.11. The van der Waals surface area contributed by atoms with E-state index >= 15 is 0 Å². The van der Waals surface area contributed by atoms with Crippen molar-refractivity contribution in [2.24, 2.45) is 0 Å². The lowest BCUT2D eigenvalue weighted by Crippen LogP contribution is -2.13. The highest BCUT2D eigenvalue weighted by atomic mass is 79.9. The zero-order chi connectivity index (χ0) is 13.8. The third-order valence-corrected chi connectivity index (χ3v) is 4.58. The zero-order valence-corrected chi connectivity index (χ0v) is 14.5. The van der Waals surface area contributed by atoms with Crippen LogP contribution >= 0.6 is 31.9 Å². The second-order valence-electron chi connectivity index (χ2n) is 4.72. The van der Waals surface area contributed by atoms with Gasteiger partial charge in [0.25, 0.3) is 0 Å². The molecule has 2 aliphatic rings. The number of allylic oxidation sites excluding steroid dienone is 7. The molecule has 102 valence electrons. The fourth-order valence-corrected chi connectivity index (χ4v) is 3.59. The largest absolute Gasteiger partial charge is 0.496 e. The van der Waals surface area contributed by atoms with Gasteiger partial charge in [0.15, 0.2) is 0 Å². The van der Waals surface area contributed by atoms with Crippen molar-refractivity contribution in [1.82, 2.24) is 0 Å². The molecule has 1 nitrogen and oxygen atoms in total. The molecule has 0 spiro atoms. The van der Waals surface area contributed by atoms with Gasteiger partial charge in [-0.2, -0.15) is 0 Å². The second-order valence-corrected chi connectivity index (χ2v) is 5.64. The predicted molar refractivity (Wildman–Crippen MR) is 88.4 cm³/mol. The van der Waals surface area contributed by atoms with Gasteiger partial charge in [-0.15, -0.1) is 0 Å². The van der Waals surface area contributed by atoms with Crippen LogP contribution in [0.4, 0.5) is 0 Å². The van der Waals surface area contributed by atoms with Gasteiger partial charge >= 0.3 is 0 Å². The summed E-state index contributed by atoms with van der Waals surface area (Å²) in [4.78, 5) is 4.05. The van der Waals surface area contributed by atoms with Gasteiger partial charge in [-0.25, -0.2) is 0 Å². The lowest BCUT2D eigenvalue weighted by atomic mass is 9.79. The minimum absolute atomic E-state index is 0.945. The van der Waals surface area contributed by atoms with E-state index in [2.05, 4.69) is 55.9 Å². The summed E-state index contributed by atoms with van der Waals surface area (Å²) in [7, 11) is 1.79. The lowest BCUT2D eigenvalue weighted by Gasteiger charge is -2.29. The van der Waals surface area contributed by atoms with E-state index in [4.69, 9.17) is 4.74 Å². The first kappa shape index (κ1) is 14.9. The number of hydrogen-bond donors (Lipinski definition) is 0. The first-order valence-corrected chi connectivity index (χ1v) is 8.36. The first-order valence-electron chi connectivity index (χ1n) is 6.53. The minimum Gasteiger partial charge on any atom is -0.496 e. The van der Waals surface area contributed by atoms with E-state index in [0.29, 0.717) is 0 Å². The molecule has 19 heavy (non-hydrogen) atoms. The van der Waals surface area contributed by atoms with Gasteiger partial charge in [-0.05, 0) is 51.5 Å². The van der Waals surface area contributed by atoms with Crippen molar-refractivity contribution < 1.29 is 4.74 Å². The van der Waals surface area contributed by atoms with Crippen molar-refractivity contribution in [3.63, 3.8) is 0 Å². The smallest absolute Gasteiger partial charge is 0.122 e. The summed E-state index contributed by atoms with van der Waals surface area (Å²) >= 11 is 6.99. The van der Waals surface area contributed by atoms with Crippen LogP contribution in [-0.4, -0.2) is 7.11 Å². The quantitative estimate of drug-likeness (QED) is 0.587. The van der Waals surface area contributed by atoms with Gasteiger partial charge in [-0.3, -0.25) is 0 Å². The van der Waals surface area contributed by atoms with E-state index in [1.54, 1.807) is 7.11 Å². The zero-order valence-electron chi connectivity index (χ0n) is 11.3. The van der Waals surface area contributed by atoms with E-state index in [0.717, 1.165) is 31.4 Å². The first-order chi connectivity index (χ1) is 9.26. The van der Waals surface area contributed by atoms with Gasteiger partial charge in [0.1, 0.15) is 5.76 Å². The predicted octanol–water partition coefficient (Wildman–Crippen LogP) is 5.90. The average molecular weight is 386 g/mol. The Morgan fingerprint density at radius 2 is 2.11 bits per heavy atom. The van der Waals surface area contributed by atoms with Gasteiger partial charge in [0.05, 0.1) is 7.11 Å². The molecule has 0 N–H and O–H groups in total. The third-order valence-electron chi connectivity index (χ3n) is 3.54. The third kappa shape index (κ3) is 2.82. The SMILES string of the molecule is CCCC1=C(OC)C2=C(/C(=C\Br)C1)/C(=C/Br)C=CC2. The molecule has 0 aromatic carbocycles. The Hall–Kier alpha value is -0.540. The van der Waals surface area contributed by atoms with Crippen molar-refractivity contribution in [2.75, 3.05) is 7.11 Å². The second kappa shape index (κ2) is 6.76. The standard InChI is InChI=1S/C16H18Br2O/c1-3-5-11-8-13(10-18)15-12(9-17)6-4-7-14(15)16(11)19-2/h4,6,9-10H,3,5,7-8H2,1-2H3/b12-9+,13-10-. The molecule has 0 saturated heterocycles. The molecule has 0 unspecified atom stereocenters. The summed E-state index contributed by atoms with van der Waals surface area (Å²) in [6.07, 6.45) is 8.53. The van der Waals surface area contributed by atoms with Crippen LogP contribution in [-0.2, 0) is 4.74 Å². The van der Waals surface area contributed by atoms with Crippen molar-refractivity contribution in [3.8, 4) is 0 Å².